The number of halogens is 2. The number of carbonyl (C=O) groups is 2. The van der Waals surface area contributed by atoms with Gasteiger partial charge >= 0.3 is 0 Å². The van der Waals surface area contributed by atoms with Gasteiger partial charge in [-0.25, -0.2) is 8.78 Å². The van der Waals surface area contributed by atoms with Crippen LogP contribution in [0.3, 0.4) is 0 Å². The standard InChI is InChI=1S/C23H36F2N2O3/c1-4-5-6-16(2)7-10-23(30)27-22(15-28)9-8-21(26-17(3)29)13-18-11-19(24)14-20(25)12-18/h11-12,14,16,21-22,28H,4-10,13,15H2,1-3H3,(H,26,29)(H,27,30). The van der Waals surface area contributed by atoms with Crippen molar-refractivity contribution in [2.75, 3.05) is 6.61 Å². The zero-order chi connectivity index (χ0) is 22.5. The Kier molecular flexibility index (Phi) is 12.2. The fraction of sp³-hybridized carbons (Fsp3) is 0.652. The predicted octanol–water partition coefficient (Wildman–Crippen LogP) is 3.88. The van der Waals surface area contributed by atoms with Crippen molar-refractivity contribution in [2.24, 2.45) is 5.92 Å². The SMILES string of the molecule is CCCCC(C)CCC(=O)NC(CO)CCC(Cc1cc(F)cc(F)c1)NC(C)=O. The first-order valence-electron chi connectivity index (χ1n) is 10.9. The van der Waals surface area contributed by atoms with Crippen LogP contribution in [0.5, 0.6) is 0 Å². The van der Waals surface area contributed by atoms with Crippen LogP contribution in [0.1, 0.15) is 71.3 Å². The number of hydrogen-bond donors (Lipinski definition) is 3. The normalized spacial score (nSPS) is 14.1. The van der Waals surface area contributed by atoms with Crippen LogP contribution >= 0.6 is 0 Å². The van der Waals surface area contributed by atoms with Crippen molar-refractivity contribution in [1.29, 1.82) is 0 Å². The molecule has 0 aliphatic rings. The van der Waals surface area contributed by atoms with Gasteiger partial charge in [-0.3, -0.25) is 9.59 Å². The lowest BCUT2D eigenvalue weighted by Gasteiger charge is -2.22. The van der Waals surface area contributed by atoms with Crippen molar-refractivity contribution < 1.29 is 23.5 Å². The molecule has 0 saturated carbocycles. The monoisotopic (exact) mass is 426 g/mol. The zero-order valence-corrected chi connectivity index (χ0v) is 18.3. The number of benzene rings is 1. The van der Waals surface area contributed by atoms with Crippen molar-refractivity contribution in [3.05, 3.63) is 35.4 Å². The summed E-state index contributed by atoms with van der Waals surface area (Å²) in [5, 5.41) is 15.3. The van der Waals surface area contributed by atoms with Gasteiger partial charge in [0.2, 0.25) is 11.8 Å². The average molecular weight is 427 g/mol. The number of aliphatic hydroxyl groups excluding tert-OH is 1. The van der Waals surface area contributed by atoms with Gasteiger partial charge in [-0.05, 0) is 49.3 Å². The molecule has 0 aromatic heterocycles. The van der Waals surface area contributed by atoms with Gasteiger partial charge in [0, 0.05) is 25.5 Å². The second-order valence-corrected chi connectivity index (χ2v) is 8.19. The molecule has 0 spiro atoms. The van der Waals surface area contributed by atoms with E-state index in [0.29, 0.717) is 30.7 Å². The average Bonchev–Trinajstić information content (AvgIpc) is 2.66. The molecular weight excluding hydrogens is 390 g/mol. The van der Waals surface area contributed by atoms with Gasteiger partial charge in [0.25, 0.3) is 0 Å². The molecule has 1 rings (SSSR count). The Morgan fingerprint density at radius 1 is 1.00 bits per heavy atom. The Hall–Kier alpha value is -2.02. The van der Waals surface area contributed by atoms with Gasteiger partial charge in [0.15, 0.2) is 0 Å². The number of rotatable bonds is 14. The van der Waals surface area contributed by atoms with E-state index in [2.05, 4.69) is 24.5 Å². The van der Waals surface area contributed by atoms with Crippen LogP contribution in [0.4, 0.5) is 8.78 Å². The number of amides is 2. The fourth-order valence-electron chi connectivity index (χ4n) is 3.51. The molecule has 0 aliphatic heterocycles. The lowest BCUT2D eigenvalue weighted by atomic mass is 9.98. The summed E-state index contributed by atoms with van der Waals surface area (Å²) in [5.74, 6) is -1.19. The lowest BCUT2D eigenvalue weighted by Crippen LogP contribution is -2.40. The van der Waals surface area contributed by atoms with Gasteiger partial charge in [-0.2, -0.15) is 0 Å². The third-order valence-corrected chi connectivity index (χ3v) is 5.18. The molecule has 0 heterocycles. The summed E-state index contributed by atoms with van der Waals surface area (Å²) in [4.78, 5) is 23.7. The topological polar surface area (TPSA) is 78.4 Å². The van der Waals surface area contributed by atoms with Crippen LogP contribution in [-0.2, 0) is 16.0 Å². The summed E-state index contributed by atoms with van der Waals surface area (Å²) in [7, 11) is 0. The summed E-state index contributed by atoms with van der Waals surface area (Å²) in [6, 6.07) is 2.50. The van der Waals surface area contributed by atoms with Crippen molar-refractivity contribution in [3.63, 3.8) is 0 Å². The molecule has 1 aromatic rings. The highest BCUT2D eigenvalue weighted by Gasteiger charge is 2.17. The van der Waals surface area contributed by atoms with E-state index in [1.54, 1.807) is 0 Å². The Bertz CT molecular complexity index is 650. The molecular formula is C23H36F2N2O3. The van der Waals surface area contributed by atoms with E-state index in [0.717, 1.165) is 31.7 Å². The van der Waals surface area contributed by atoms with E-state index in [1.807, 2.05) is 0 Å². The van der Waals surface area contributed by atoms with E-state index in [9.17, 15) is 23.5 Å². The van der Waals surface area contributed by atoms with Crippen molar-refractivity contribution >= 4 is 11.8 Å². The summed E-state index contributed by atoms with van der Waals surface area (Å²) < 4.78 is 26.9. The summed E-state index contributed by atoms with van der Waals surface area (Å²) >= 11 is 0. The maximum Gasteiger partial charge on any atom is 0.220 e. The highest BCUT2D eigenvalue weighted by atomic mass is 19.1. The van der Waals surface area contributed by atoms with Gasteiger partial charge in [0.1, 0.15) is 11.6 Å². The molecule has 0 fully saturated rings. The Morgan fingerprint density at radius 2 is 1.63 bits per heavy atom. The molecule has 170 valence electrons. The van der Waals surface area contributed by atoms with Crippen LogP contribution < -0.4 is 10.6 Å². The van der Waals surface area contributed by atoms with Crippen LogP contribution in [0.2, 0.25) is 0 Å². The number of hydrogen-bond acceptors (Lipinski definition) is 3. The molecule has 2 amide bonds. The van der Waals surface area contributed by atoms with E-state index in [-0.39, 0.29) is 30.9 Å². The minimum absolute atomic E-state index is 0.0966. The summed E-state index contributed by atoms with van der Waals surface area (Å²) in [5.41, 5.74) is 0.442. The largest absolute Gasteiger partial charge is 0.394 e. The van der Waals surface area contributed by atoms with Gasteiger partial charge in [0.05, 0.1) is 12.6 Å². The highest BCUT2D eigenvalue weighted by molar-refractivity contribution is 5.76. The fourth-order valence-corrected chi connectivity index (χ4v) is 3.51. The van der Waals surface area contributed by atoms with Crippen LogP contribution in [0, 0.1) is 17.6 Å². The first-order chi connectivity index (χ1) is 14.2. The number of nitrogens with one attached hydrogen (secondary N) is 2. The first kappa shape index (κ1) is 26.0. The van der Waals surface area contributed by atoms with Gasteiger partial charge < -0.3 is 15.7 Å². The van der Waals surface area contributed by atoms with Crippen LogP contribution in [0.25, 0.3) is 0 Å². The Balaban J connectivity index is 2.56. The van der Waals surface area contributed by atoms with Crippen molar-refractivity contribution in [1.82, 2.24) is 10.6 Å². The zero-order valence-electron chi connectivity index (χ0n) is 18.3. The molecule has 0 bridgehead atoms. The third kappa shape index (κ3) is 11.2. The molecule has 7 heteroatoms. The third-order valence-electron chi connectivity index (χ3n) is 5.18. The van der Waals surface area contributed by atoms with Crippen molar-refractivity contribution in [2.45, 2.75) is 84.2 Å². The van der Waals surface area contributed by atoms with Gasteiger partial charge in [-0.15, -0.1) is 0 Å². The number of unbranched alkanes of at least 4 members (excludes halogenated alkanes) is 1. The quantitative estimate of drug-likeness (QED) is 0.423. The Labute approximate surface area is 178 Å². The lowest BCUT2D eigenvalue weighted by molar-refractivity contribution is -0.123. The van der Waals surface area contributed by atoms with Crippen LogP contribution in [-0.4, -0.2) is 35.6 Å². The predicted molar refractivity (Wildman–Crippen MR) is 114 cm³/mol. The maximum absolute atomic E-state index is 13.4. The molecule has 0 aliphatic carbocycles. The minimum atomic E-state index is -0.666. The smallest absolute Gasteiger partial charge is 0.220 e. The number of carbonyl (C=O) groups excluding carboxylic acids is 2. The Morgan fingerprint density at radius 3 is 2.20 bits per heavy atom. The molecule has 3 unspecified atom stereocenters. The number of aliphatic hydroxyl groups is 1. The molecule has 3 atom stereocenters. The van der Waals surface area contributed by atoms with E-state index >= 15 is 0 Å². The first-order valence-corrected chi connectivity index (χ1v) is 10.9. The molecule has 5 nitrogen and oxygen atoms in total. The molecule has 30 heavy (non-hydrogen) atoms. The van der Waals surface area contributed by atoms with E-state index in [1.165, 1.54) is 19.1 Å². The minimum Gasteiger partial charge on any atom is -0.394 e. The summed E-state index contributed by atoms with van der Waals surface area (Å²) in [6.07, 6.45) is 5.78. The van der Waals surface area contributed by atoms with E-state index in [4.69, 9.17) is 0 Å². The molecule has 1 aromatic carbocycles. The van der Waals surface area contributed by atoms with Gasteiger partial charge in [-0.1, -0.05) is 33.1 Å². The van der Waals surface area contributed by atoms with Crippen molar-refractivity contribution in [3.8, 4) is 0 Å². The maximum atomic E-state index is 13.4. The van der Waals surface area contributed by atoms with Crippen LogP contribution in [0.15, 0.2) is 18.2 Å². The molecule has 0 radical (unpaired) electrons. The highest BCUT2D eigenvalue weighted by Crippen LogP contribution is 2.15. The molecule has 3 N–H and O–H groups in total. The molecule has 0 saturated heterocycles. The summed E-state index contributed by atoms with van der Waals surface area (Å²) in [6.45, 7) is 5.45. The second kappa shape index (κ2) is 14.1. The van der Waals surface area contributed by atoms with E-state index < -0.39 is 17.7 Å². The second-order valence-electron chi connectivity index (χ2n) is 8.19.